The number of amides is 2. The van der Waals surface area contributed by atoms with Gasteiger partial charge in [-0.2, -0.15) is 0 Å². The maximum Gasteiger partial charge on any atom is 0.251 e. The van der Waals surface area contributed by atoms with Crippen LogP contribution in [-0.2, 0) is 4.79 Å². The molecule has 2 amide bonds. The van der Waals surface area contributed by atoms with E-state index in [0.29, 0.717) is 18.5 Å². The average Bonchev–Trinajstić information content (AvgIpc) is 2.48. The molecule has 1 heterocycles. The molecule has 21 heavy (non-hydrogen) atoms. The second-order valence-corrected chi connectivity index (χ2v) is 5.40. The second-order valence-electron chi connectivity index (χ2n) is 5.40. The Morgan fingerprint density at radius 2 is 1.86 bits per heavy atom. The van der Waals surface area contributed by atoms with Crippen molar-refractivity contribution in [2.75, 3.05) is 19.6 Å². The van der Waals surface area contributed by atoms with Gasteiger partial charge in [0, 0.05) is 31.6 Å². The van der Waals surface area contributed by atoms with Gasteiger partial charge in [-0.25, -0.2) is 5.01 Å². The highest BCUT2D eigenvalue weighted by atomic mass is 16.2. The van der Waals surface area contributed by atoms with Gasteiger partial charge in [-0.1, -0.05) is 24.6 Å². The number of piperidine rings is 1. The summed E-state index contributed by atoms with van der Waals surface area (Å²) in [6, 6.07) is 7.43. The first-order chi connectivity index (χ1) is 10.2. The Bertz CT molecular complexity index is 496. The van der Waals surface area contributed by atoms with Crippen LogP contribution in [0.1, 0.15) is 41.6 Å². The van der Waals surface area contributed by atoms with Crippen LogP contribution in [0.25, 0.3) is 0 Å². The third kappa shape index (κ3) is 4.86. The minimum Gasteiger partial charge on any atom is -0.352 e. The first-order valence-electron chi connectivity index (χ1n) is 7.55. The van der Waals surface area contributed by atoms with Crippen LogP contribution in [0, 0.1) is 6.92 Å². The van der Waals surface area contributed by atoms with Crippen LogP contribution in [-0.4, -0.2) is 36.5 Å². The molecule has 0 aliphatic carbocycles. The topological polar surface area (TPSA) is 61.4 Å². The fraction of sp³-hybridized carbons (Fsp3) is 0.500. The van der Waals surface area contributed by atoms with Crippen LogP contribution >= 0.6 is 0 Å². The molecule has 1 aliphatic heterocycles. The summed E-state index contributed by atoms with van der Waals surface area (Å²) in [6.07, 6.45) is 3.79. The van der Waals surface area contributed by atoms with E-state index in [9.17, 15) is 9.59 Å². The number of aryl methyl sites for hydroxylation is 1. The molecule has 0 saturated carbocycles. The lowest BCUT2D eigenvalue weighted by Crippen LogP contribution is -2.45. The molecule has 114 valence electrons. The number of carbonyl (C=O) groups excluding carboxylic acids is 2. The molecule has 5 nitrogen and oxygen atoms in total. The third-order valence-electron chi connectivity index (χ3n) is 3.67. The van der Waals surface area contributed by atoms with E-state index in [4.69, 9.17) is 0 Å². The number of nitrogens with zero attached hydrogens (tertiary/aromatic N) is 1. The summed E-state index contributed by atoms with van der Waals surface area (Å²) in [5, 5.41) is 4.76. The molecule has 0 unspecified atom stereocenters. The van der Waals surface area contributed by atoms with Gasteiger partial charge in [-0.05, 0) is 31.4 Å². The zero-order valence-corrected chi connectivity index (χ0v) is 12.5. The van der Waals surface area contributed by atoms with E-state index >= 15 is 0 Å². The fourth-order valence-electron chi connectivity index (χ4n) is 2.45. The van der Waals surface area contributed by atoms with Crippen molar-refractivity contribution in [1.29, 1.82) is 0 Å². The molecule has 5 heteroatoms. The van der Waals surface area contributed by atoms with Crippen LogP contribution < -0.4 is 10.7 Å². The third-order valence-corrected chi connectivity index (χ3v) is 3.67. The summed E-state index contributed by atoms with van der Waals surface area (Å²) < 4.78 is 0. The minimum absolute atomic E-state index is 0.0398. The van der Waals surface area contributed by atoms with Crippen molar-refractivity contribution >= 4 is 11.8 Å². The van der Waals surface area contributed by atoms with E-state index in [1.54, 1.807) is 6.07 Å². The van der Waals surface area contributed by atoms with E-state index < -0.39 is 0 Å². The Morgan fingerprint density at radius 1 is 1.14 bits per heavy atom. The van der Waals surface area contributed by atoms with Crippen LogP contribution in [0.5, 0.6) is 0 Å². The molecule has 0 radical (unpaired) electrons. The predicted octanol–water partition coefficient (Wildman–Crippen LogP) is 1.63. The number of carbonyl (C=O) groups is 2. The summed E-state index contributed by atoms with van der Waals surface area (Å²) in [5.74, 6) is -0.166. The molecular formula is C16H23N3O2. The van der Waals surface area contributed by atoms with E-state index in [1.165, 1.54) is 6.42 Å². The summed E-state index contributed by atoms with van der Waals surface area (Å²) in [6.45, 7) is 4.09. The first-order valence-corrected chi connectivity index (χ1v) is 7.55. The summed E-state index contributed by atoms with van der Waals surface area (Å²) in [5.41, 5.74) is 4.49. The number of nitrogens with one attached hydrogen (secondary N) is 2. The SMILES string of the molecule is Cc1ccccc1C(=O)NCCC(=O)NN1CCCCC1. The Labute approximate surface area is 125 Å². The summed E-state index contributed by atoms with van der Waals surface area (Å²) in [4.78, 5) is 23.8. The Hall–Kier alpha value is -1.88. The molecule has 0 atom stereocenters. The number of hydrogen-bond donors (Lipinski definition) is 2. The van der Waals surface area contributed by atoms with Gasteiger partial charge in [0.25, 0.3) is 5.91 Å². The highest BCUT2D eigenvalue weighted by molar-refractivity contribution is 5.95. The zero-order chi connectivity index (χ0) is 15.1. The molecule has 1 aromatic carbocycles. The number of hydrazine groups is 1. The van der Waals surface area contributed by atoms with Crippen molar-refractivity contribution < 1.29 is 9.59 Å². The highest BCUT2D eigenvalue weighted by Crippen LogP contribution is 2.07. The monoisotopic (exact) mass is 289 g/mol. The van der Waals surface area contributed by atoms with Crippen molar-refractivity contribution in [2.24, 2.45) is 0 Å². The Kier molecular flexibility index (Phi) is 5.75. The standard InChI is InChI=1S/C16H23N3O2/c1-13-7-3-4-8-14(13)16(21)17-10-9-15(20)18-19-11-5-2-6-12-19/h3-4,7-8H,2,5-6,9-12H2,1H3,(H,17,21)(H,18,20). The second kappa shape index (κ2) is 7.78. The zero-order valence-electron chi connectivity index (χ0n) is 12.5. The van der Waals surface area contributed by atoms with Crippen molar-refractivity contribution in [3.8, 4) is 0 Å². The number of hydrogen-bond acceptors (Lipinski definition) is 3. The summed E-state index contributed by atoms with van der Waals surface area (Å²) in [7, 11) is 0. The predicted molar refractivity (Wildman–Crippen MR) is 81.7 cm³/mol. The van der Waals surface area contributed by atoms with E-state index in [-0.39, 0.29) is 11.8 Å². The lowest BCUT2D eigenvalue weighted by molar-refractivity contribution is -0.126. The van der Waals surface area contributed by atoms with Crippen molar-refractivity contribution in [3.63, 3.8) is 0 Å². The maximum absolute atomic E-state index is 12.0. The van der Waals surface area contributed by atoms with Gasteiger partial charge in [0.15, 0.2) is 0 Å². The van der Waals surface area contributed by atoms with Gasteiger partial charge in [0.05, 0.1) is 0 Å². The van der Waals surface area contributed by atoms with Gasteiger partial charge < -0.3 is 5.32 Å². The van der Waals surface area contributed by atoms with Crippen LogP contribution in [0.15, 0.2) is 24.3 Å². The number of rotatable bonds is 5. The quantitative estimate of drug-likeness (QED) is 0.866. The Balaban J connectivity index is 1.70. The van der Waals surface area contributed by atoms with Crippen molar-refractivity contribution in [1.82, 2.24) is 15.8 Å². The molecule has 1 aliphatic rings. The summed E-state index contributed by atoms with van der Waals surface area (Å²) >= 11 is 0. The van der Waals surface area contributed by atoms with E-state index in [1.807, 2.05) is 30.1 Å². The van der Waals surface area contributed by atoms with Crippen LogP contribution in [0.3, 0.4) is 0 Å². The van der Waals surface area contributed by atoms with Crippen molar-refractivity contribution in [3.05, 3.63) is 35.4 Å². The van der Waals surface area contributed by atoms with Gasteiger partial charge in [0.2, 0.25) is 5.91 Å². The minimum atomic E-state index is -0.126. The van der Waals surface area contributed by atoms with Gasteiger partial charge in [0.1, 0.15) is 0 Å². The van der Waals surface area contributed by atoms with Gasteiger partial charge in [-0.3, -0.25) is 15.0 Å². The maximum atomic E-state index is 12.0. The van der Waals surface area contributed by atoms with Crippen molar-refractivity contribution in [2.45, 2.75) is 32.6 Å². The lowest BCUT2D eigenvalue weighted by atomic mass is 10.1. The smallest absolute Gasteiger partial charge is 0.251 e. The first kappa shape index (κ1) is 15.5. The average molecular weight is 289 g/mol. The van der Waals surface area contributed by atoms with E-state index in [2.05, 4.69) is 10.7 Å². The van der Waals surface area contributed by atoms with Gasteiger partial charge >= 0.3 is 0 Å². The molecule has 2 rings (SSSR count). The van der Waals surface area contributed by atoms with E-state index in [0.717, 1.165) is 31.5 Å². The molecule has 0 bridgehead atoms. The van der Waals surface area contributed by atoms with Gasteiger partial charge in [-0.15, -0.1) is 0 Å². The van der Waals surface area contributed by atoms with Crippen LogP contribution in [0.2, 0.25) is 0 Å². The Morgan fingerprint density at radius 3 is 2.57 bits per heavy atom. The molecule has 1 fully saturated rings. The molecule has 0 spiro atoms. The lowest BCUT2D eigenvalue weighted by Gasteiger charge is -2.26. The van der Waals surface area contributed by atoms with Crippen LogP contribution in [0.4, 0.5) is 0 Å². The largest absolute Gasteiger partial charge is 0.352 e. The molecule has 1 aromatic rings. The molecule has 0 aromatic heterocycles. The highest BCUT2D eigenvalue weighted by Gasteiger charge is 2.13. The molecular weight excluding hydrogens is 266 g/mol. The number of benzene rings is 1. The normalized spacial score (nSPS) is 15.5. The molecule has 2 N–H and O–H groups in total. The molecule has 1 saturated heterocycles. The fourth-order valence-corrected chi connectivity index (χ4v) is 2.45.